The van der Waals surface area contributed by atoms with Crippen LogP contribution in [0.2, 0.25) is 0 Å². The maximum atomic E-state index is 12.9. The number of rotatable bonds is 8. The van der Waals surface area contributed by atoms with Crippen LogP contribution in [0.1, 0.15) is 54.7 Å². The van der Waals surface area contributed by atoms with Crippen LogP contribution in [0.15, 0.2) is 53.1 Å². The highest BCUT2D eigenvalue weighted by Crippen LogP contribution is 2.22. The van der Waals surface area contributed by atoms with E-state index in [1.807, 2.05) is 31.2 Å². The summed E-state index contributed by atoms with van der Waals surface area (Å²) in [7, 11) is 0. The lowest BCUT2D eigenvalue weighted by atomic mass is 9.96. The Morgan fingerprint density at radius 2 is 1.69 bits per heavy atom. The van der Waals surface area contributed by atoms with Crippen molar-refractivity contribution in [2.75, 3.05) is 26.2 Å². The number of piperidine rings is 2. The molecule has 0 saturated carbocycles. The molecule has 190 valence electrons. The van der Waals surface area contributed by atoms with Crippen molar-refractivity contribution < 1.29 is 9.32 Å². The first-order chi connectivity index (χ1) is 17.6. The first-order valence-electron chi connectivity index (χ1n) is 13.3. The minimum Gasteiger partial charge on any atom is -0.352 e. The van der Waals surface area contributed by atoms with Crippen molar-refractivity contribution in [3.05, 3.63) is 71.1 Å². The van der Waals surface area contributed by atoms with E-state index in [9.17, 15) is 4.79 Å². The Bertz CT molecular complexity index is 1150. The number of likely N-dealkylation sites (tertiary alicyclic amines) is 2. The van der Waals surface area contributed by atoms with Gasteiger partial charge in [-0.2, -0.15) is 4.98 Å². The number of hydrogen-bond donors (Lipinski definition) is 1. The third-order valence-corrected chi connectivity index (χ3v) is 7.48. The van der Waals surface area contributed by atoms with E-state index < -0.39 is 0 Å². The number of amides is 1. The van der Waals surface area contributed by atoms with Crippen molar-refractivity contribution in [1.29, 1.82) is 0 Å². The molecular formula is C29H37N5O2. The zero-order chi connectivity index (χ0) is 24.7. The standard InChI is InChI=1S/C29H37N5O2/c1-22-8-3-4-11-26(22)28-31-27(36-32-28)21-34-16-12-25(13-17-34)29(35)30-19-23-9-7-10-24(18-23)20-33-14-5-2-6-15-33/h3-4,7-11,18,25H,2,5-6,12-17,19-21H2,1H3,(H,30,35). The normalized spacial score (nSPS) is 17.8. The predicted molar refractivity (Wildman–Crippen MR) is 140 cm³/mol. The molecule has 0 atom stereocenters. The number of aromatic nitrogens is 2. The fraction of sp³-hybridized carbons (Fsp3) is 0.483. The van der Waals surface area contributed by atoms with Crippen molar-refractivity contribution in [3.8, 4) is 11.4 Å². The number of aryl methyl sites for hydroxylation is 1. The molecule has 3 heterocycles. The van der Waals surface area contributed by atoms with Gasteiger partial charge in [0.15, 0.2) is 0 Å². The Kier molecular flexibility index (Phi) is 8.08. The van der Waals surface area contributed by atoms with Gasteiger partial charge in [-0.1, -0.05) is 60.1 Å². The minimum absolute atomic E-state index is 0.0583. The second-order valence-corrected chi connectivity index (χ2v) is 10.3. The van der Waals surface area contributed by atoms with Crippen LogP contribution in [0.5, 0.6) is 0 Å². The molecule has 7 heteroatoms. The molecule has 3 aromatic rings. The van der Waals surface area contributed by atoms with Crippen molar-refractivity contribution in [2.45, 2.75) is 58.7 Å². The van der Waals surface area contributed by atoms with E-state index in [1.54, 1.807) is 0 Å². The van der Waals surface area contributed by atoms with Gasteiger partial charge in [-0.3, -0.25) is 14.6 Å². The lowest BCUT2D eigenvalue weighted by Crippen LogP contribution is -2.40. The Balaban J connectivity index is 1.06. The van der Waals surface area contributed by atoms with Crippen molar-refractivity contribution in [3.63, 3.8) is 0 Å². The zero-order valence-corrected chi connectivity index (χ0v) is 21.3. The molecule has 5 rings (SSSR count). The molecule has 0 radical (unpaired) electrons. The molecular weight excluding hydrogens is 450 g/mol. The van der Waals surface area contributed by atoms with Gasteiger partial charge in [0.1, 0.15) is 0 Å². The fourth-order valence-corrected chi connectivity index (χ4v) is 5.34. The Labute approximate surface area is 213 Å². The largest absolute Gasteiger partial charge is 0.352 e. The third-order valence-electron chi connectivity index (χ3n) is 7.48. The van der Waals surface area contributed by atoms with Gasteiger partial charge in [0.05, 0.1) is 6.54 Å². The number of carbonyl (C=O) groups excluding carboxylic acids is 1. The van der Waals surface area contributed by atoms with Crippen molar-refractivity contribution in [2.24, 2.45) is 5.92 Å². The van der Waals surface area contributed by atoms with Gasteiger partial charge in [-0.25, -0.2) is 0 Å². The van der Waals surface area contributed by atoms with Crippen LogP contribution in [-0.2, 0) is 24.4 Å². The monoisotopic (exact) mass is 487 g/mol. The van der Waals surface area contributed by atoms with Crippen LogP contribution in [0.3, 0.4) is 0 Å². The van der Waals surface area contributed by atoms with E-state index in [-0.39, 0.29) is 11.8 Å². The Morgan fingerprint density at radius 3 is 2.50 bits per heavy atom. The lowest BCUT2D eigenvalue weighted by Gasteiger charge is -2.30. The second kappa shape index (κ2) is 11.8. The topological polar surface area (TPSA) is 74.5 Å². The Morgan fingerprint density at radius 1 is 0.944 bits per heavy atom. The minimum atomic E-state index is 0.0583. The van der Waals surface area contributed by atoms with E-state index in [0.29, 0.717) is 24.8 Å². The number of benzene rings is 2. The maximum Gasteiger partial charge on any atom is 0.241 e. The highest BCUT2D eigenvalue weighted by molar-refractivity contribution is 5.78. The summed E-state index contributed by atoms with van der Waals surface area (Å²) < 4.78 is 5.51. The summed E-state index contributed by atoms with van der Waals surface area (Å²) in [5, 5.41) is 7.35. The van der Waals surface area contributed by atoms with E-state index in [2.05, 4.69) is 49.5 Å². The molecule has 2 fully saturated rings. The van der Waals surface area contributed by atoms with Crippen LogP contribution in [0, 0.1) is 12.8 Å². The lowest BCUT2D eigenvalue weighted by molar-refractivity contribution is -0.126. The summed E-state index contributed by atoms with van der Waals surface area (Å²) in [5.74, 6) is 1.48. The first-order valence-corrected chi connectivity index (χ1v) is 13.3. The Hall–Kier alpha value is -3.03. The van der Waals surface area contributed by atoms with Gasteiger partial charge in [0, 0.05) is 24.6 Å². The van der Waals surface area contributed by atoms with Gasteiger partial charge in [-0.05, 0) is 75.5 Å². The van der Waals surface area contributed by atoms with Gasteiger partial charge >= 0.3 is 0 Å². The molecule has 0 spiro atoms. The number of nitrogens with zero attached hydrogens (tertiary/aromatic N) is 4. The highest BCUT2D eigenvalue weighted by Gasteiger charge is 2.26. The molecule has 0 aliphatic carbocycles. The summed E-state index contributed by atoms with van der Waals surface area (Å²) in [6.07, 6.45) is 5.66. The molecule has 0 bridgehead atoms. The smallest absolute Gasteiger partial charge is 0.241 e. The molecule has 36 heavy (non-hydrogen) atoms. The summed E-state index contributed by atoms with van der Waals surface area (Å²) in [5.41, 5.74) is 4.64. The van der Waals surface area contributed by atoms with Crippen LogP contribution in [0.4, 0.5) is 0 Å². The molecule has 1 N–H and O–H groups in total. The SMILES string of the molecule is Cc1ccccc1-c1noc(CN2CCC(C(=O)NCc3cccc(CN4CCCCC4)c3)CC2)n1. The molecule has 2 aliphatic heterocycles. The first kappa shape index (κ1) is 24.7. The van der Waals surface area contributed by atoms with Crippen LogP contribution < -0.4 is 5.32 Å². The molecule has 7 nitrogen and oxygen atoms in total. The molecule has 2 aromatic carbocycles. The summed E-state index contributed by atoms with van der Waals surface area (Å²) >= 11 is 0. The number of nitrogens with one attached hydrogen (secondary N) is 1. The number of hydrogen-bond acceptors (Lipinski definition) is 6. The molecule has 1 aromatic heterocycles. The van der Waals surface area contributed by atoms with E-state index >= 15 is 0 Å². The molecule has 0 unspecified atom stereocenters. The van der Waals surface area contributed by atoms with Gasteiger partial charge in [-0.15, -0.1) is 0 Å². The van der Waals surface area contributed by atoms with E-state index in [1.165, 1.54) is 43.5 Å². The zero-order valence-electron chi connectivity index (χ0n) is 21.3. The van der Waals surface area contributed by atoms with E-state index in [0.717, 1.165) is 43.6 Å². The fourth-order valence-electron chi connectivity index (χ4n) is 5.34. The molecule has 1 amide bonds. The third kappa shape index (κ3) is 6.39. The highest BCUT2D eigenvalue weighted by atomic mass is 16.5. The van der Waals surface area contributed by atoms with Gasteiger partial charge < -0.3 is 9.84 Å². The number of carbonyl (C=O) groups is 1. The summed E-state index contributed by atoms with van der Waals surface area (Å²) in [6.45, 7) is 8.37. The second-order valence-electron chi connectivity index (χ2n) is 10.3. The van der Waals surface area contributed by atoms with Crippen molar-refractivity contribution in [1.82, 2.24) is 25.3 Å². The molecule has 2 aliphatic rings. The molecule has 2 saturated heterocycles. The maximum absolute atomic E-state index is 12.9. The van der Waals surface area contributed by atoms with E-state index in [4.69, 9.17) is 4.52 Å². The average Bonchev–Trinajstić information content (AvgIpc) is 3.37. The van der Waals surface area contributed by atoms with Crippen LogP contribution >= 0.6 is 0 Å². The quantitative estimate of drug-likeness (QED) is 0.502. The van der Waals surface area contributed by atoms with Gasteiger partial charge in [0.2, 0.25) is 17.6 Å². The predicted octanol–water partition coefficient (Wildman–Crippen LogP) is 4.56. The average molecular weight is 488 g/mol. The van der Waals surface area contributed by atoms with Gasteiger partial charge in [0.25, 0.3) is 0 Å². The summed E-state index contributed by atoms with van der Waals surface area (Å²) in [6, 6.07) is 16.7. The summed E-state index contributed by atoms with van der Waals surface area (Å²) in [4.78, 5) is 22.3. The van der Waals surface area contributed by atoms with Crippen molar-refractivity contribution >= 4 is 5.91 Å². The van der Waals surface area contributed by atoms with Crippen LogP contribution in [0.25, 0.3) is 11.4 Å². The van der Waals surface area contributed by atoms with Crippen LogP contribution in [-0.4, -0.2) is 52.0 Å².